The highest BCUT2D eigenvalue weighted by atomic mass is 19.3. The van der Waals surface area contributed by atoms with Crippen molar-refractivity contribution in [3.05, 3.63) is 89.7 Å². The number of benzene rings is 3. The summed E-state index contributed by atoms with van der Waals surface area (Å²) in [5, 5.41) is 3.85. The van der Waals surface area contributed by atoms with Crippen LogP contribution in [0.2, 0.25) is 0 Å². The lowest BCUT2D eigenvalue weighted by Gasteiger charge is -2.40. The molecule has 3 aromatic carbocycles. The third-order valence-electron chi connectivity index (χ3n) is 6.90. The van der Waals surface area contributed by atoms with Crippen molar-refractivity contribution in [2.75, 3.05) is 9.91 Å². The zero-order chi connectivity index (χ0) is 27.0. The molecule has 9 heteroatoms. The molecule has 194 valence electrons. The molecule has 3 aromatic rings. The van der Waals surface area contributed by atoms with Crippen molar-refractivity contribution >= 4 is 28.9 Å². The number of carbonyl (C=O) groups excluding carboxylic acids is 2. The Hall–Kier alpha value is -3.85. The van der Waals surface area contributed by atoms with Gasteiger partial charge in [0.2, 0.25) is 5.91 Å². The number of halogens is 3. The highest BCUT2D eigenvalue weighted by molar-refractivity contribution is 6.00. The maximum absolute atomic E-state index is 13.8. The third-order valence-corrected chi connectivity index (χ3v) is 6.90. The van der Waals surface area contributed by atoms with Crippen LogP contribution in [0.1, 0.15) is 38.3 Å². The number of nitrogens with one attached hydrogen (secondary N) is 1. The molecule has 0 spiro atoms. The third kappa shape index (κ3) is 4.91. The van der Waals surface area contributed by atoms with Gasteiger partial charge in [0.1, 0.15) is 5.82 Å². The number of amides is 2. The zero-order valence-electron chi connectivity index (χ0n) is 20.8. The number of anilines is 3. The number of aryl methyl sites for hydroxylation is 1. The molecular formula is C28H29F3N4O2. The van der Waals surface area contributed by atoms with Crippen molar-refractivity contribution in [3.8, 4) is 0 Å². The summed E-state index contributed by atoms with van der Waals surface area (Å²) in [4.78, 5) is 27.2. The van der Waals surface area contributed by atoms with Crippen molar-refractivity contribution in [2.24, 2.45) is 5.84 Å². The molecule has 0 saturated carbocycles. The number of carbonyl (C=O) groups is 2. The van der Waals surface area contributed by atoms with Crippen molar-refractivity contribution in [2.45, 2.75) is 51.1 Å². The summed E-state index contributed by atoms with van der Waals surface area (Å²) in [7, 11) is 0. The summed E-state index contributed by atoms with van der Waals surface area (Å²) in [5.74, 6) is 0.639. The normalized spacial score (nSPS) is 19.7. The molecule has 4 rings (SSSR count). The van der Waals surface area contributed by atoms with Gasteiger partial charge in [-0.15, -0.1) is 0 Å². The van der Waals surface area contributed by atoms with Crippen LogP contribution in [-0.4, -0.2) is 23.8 Å². The minimum absolute atomic E-state index is 0.144. The van der Waals surface area contributed by atoms with Gasteiger partial charge < -0.3 is 10.2 Å². The minimum Gasteiger partial charge on any atom is -0.345 e. The largest absolute Gasteiger partial charge is 0.345 e. The van der Waals surface area contributed by atoms with E-state index in [0.29, 0.717) is 36.0 Å². The lowest BCUT2D eigenvalue weighted by molar-refractivity contribution is -0.144. The van der Waals surface area contributed by atoms with E-state index in [-0.39, 0.29) is 18.1 Å². The maximum atomic E-state index is 13.8. The van der Waals surface area contributed by atoms with Crippen LogP contribution in [-0.2, 0) is 21.5 Å². The van der Waals surface area contributed by atoms with Gasteiger partial charge in [-0.05, 0) is 66.9 Å². The molecule has 3 N–H and O–H groups in total. The Morgan fingerprint density at radius 1 is 1.14 bits per heavy atom. The summed E-state index contributed by atoms with van der Waals surface area (Å²) in [6.07, 6.45) is 0.430. The molecule has 0 aliphatic carbocycles. The molecule has 0 aromatic heterocycles. The van der Waals surface area contributed by atoms with E-state index in [0.717, 1.165) is 5.56 Å². The standard InChI is InChI=1S/C28H29F3N4O2/c1-4-18-16-22(14-15-23(18)35(32)21-12-10-20(29)11-13-21)34-25(36)17-24(33-26(37)28(3,30)31)27(34,2)19-8-6-5-7-9-19/h5-16,24H,4,17,32H2,1-3H3,(H,33,37)/t24-,27+/m0/s1. The van der Waals surface area contributed by atoms with Crippen LogP contribution < -0.4 is 21.1 Å². The van der Waals surface area contributed by atoms with Gasteiger partial charge in [-0.3, -0.25) is 14.6 Å². The Bertz CT molecular complexity index is 1300. The van der Waals surface area contributed by atoms with Crippen LogP contribution in [0.3, 0.4) is 0 Å². The van der Waals surface area contributed by atoms with E-state index in [1.54, 1.807) is 60.4 Å². The second-order valence-electron chi connectivity index (χ2n) is 9.37. The van der Waals surface area contributed by atoms with Crippen LogP contribution in [0.25, 0.3) is 0 Å². The Balaban J connectivity index is 1.77. The SMILES string of the molecule is CCc1cc(N2C(=O)C[C@H](NC(=O)C(C)(F)F)[C@@]2(C)c2ccccc2)ccc1N(N)c1ccc(F)cc1. The molecule has 37 heavy (non-hydrogen) atoms. The fraction of sp³-hybridized carbons (Fsp3) is 0.286. The molecule has 0 bridgehead atoms. The monoisotopic (exact) mass is 510 g/mol. The summed E-state index contributed by atoms with van der Waals surface area (Å²) in [5.41, 5.74) is 2.18. The topological polar surface area (TPSA) is 78.7 Å². The smallest absolute Gasteiger partial charge is 0.321 e. The summed E-state index contributed by atoms with van der Waals surface area (Å²) >= 11 is 0. The van der Waals surface area contributed by atoms with E-state index in [4.69, 9.17) is 5.84 Å². The first-order chi connectivity index (χ1) is 17.5. The number of rotatable bonds is 7. The molecule has 1 saturated heterocycles. The Kier molecular flexibility index (Phi) is 7.01. The van der Waals surface area contributed by atoms with E-state index >= 15 is 0 Å². The molecule has 1 fully saturated rings. The van der Waals surface area contributed by atoms with Crippen LogP contribution in [0.15, 0.2) is 72.8 Å². The Labute approximate surface area is 213 Å². The van der Waals surface area contributed by atoms with E-state index in [9.17, 15) is 22.8 Å². The molecule has 1 aliphatic rings. The fourth-order valence-corrected chi connectivity index (χ4v) is 4.84. The molecule has 2 atom stereocenters. The number of nitrogens with two attached hydrogens (primary N) is 1. The zero-order valence-corrected chi connectivity index (χ0v) is 20.8. The molecule has 1 aliphatic heterocycles. The van der Waals surface area contributed by atoms with Crippen molar-refractivity contribution in [3.63, 3.8) is 0 Å². The highest BCUT2D eigenvalue weighted by Gasteiger charge is 2.53. The van der Waals surface area contributed by atoms with E-state index in [1.807, 2.05) is 19.1 Å². The first-order valence-electron chi connectivity index (χ1n) is 12.0. The average Bonchev–Trinajstić information content (AvgIpc) is 3.13. The Morgan fingerprint density at radius 3 is 2.38 bits per heavy atom. The van der Waals surface area contributed by atoms with Crippen LogP contribution in [0, 0.1) is 5.82 Å². The van der Waals surface area contributed by atoms with Crippen LogP contribution >= 0.6 is 0 Å². The van der Waals surface area contributed by atoms with Crippen molar-refractivity contribution in [1.82, 2.24) is 5.32 Å². The van der Waals surface area contributed by atoms with Crippen LogP contribution in [0.5, 0.6) is 0 Å². The van der Waals surface area contributed by atoms with E-state index in [2.05, 4.69) is 5.32 Å². The fourth-order valence-electron chi connectivity index (χ4n) is 4.84. The number of nitrogens with zero attached hydrogens (tertiary/aromatic N) is 2. The predicted molar refractivity (Wildman–Crippen MR) is 137 cm³/mol. The van der Waals surface area contributed by atoms with Gasteiger partial charge in [0.15, 0.2) is 0 Å². The van der Waals surface area contributed by atoms with E-state index < -0.39 is 23.4 Å². The predicted octanol–water partition coefficient (Wildman–Crippen LogP) is 5.19. The quantitative estimate of drug-likeness (QED) is 0.339. The summed E-state index contributed by atoms with van der Waals surface area (Å²) < 4.78 is 40.9. The molecule has 2 amide bonds. The first kappa shape index (κ1) is 26.2. The maximum Gasteiger partial charge on any atom is 0.321 e. The van der Waals surface area contributed by atoms with Gasteiger partial charge in [-0.2, -0.15) is 8.78 Å². The molecule has 0 unspecified atom stereocenters. The summed E-state index contributed by atoms with van der Waals surface area (Å²) in [6.45, 7) is 4.23. The lowest BCUT2D eigenvalue weighted by atomic mass is 9.84. The second-order valence-corrected chi connectivity index (χ2v) is 9.37. The van der Waals surface area contributed by atoms with Gasteiger partial charge >= 0.3 is 5.92 Å². The van der Waals surface area contributed by atoms with E-state index in [1.165, 1.54) is 17.1 Å². The number of hydrogen-bond acceptors (Lipinski definition) is 4. The number of hydrazine groups is 1. The van der Waals surface area contributed by atoms with Gasteiger partial charge in [0.05, 0.1) is 29.4 Å². The van der Waals surface area contributed by atoms with Gasteiger partial charge in [-0.1, -0.05) is 37.3 Å². The average molecular weight is 511 g/mol. The summed E-state index contributed by atoms with van der Waals surface area (Å²) in [6, 6.07) is 19.2. The molecular weight excluding hydrogens is 481 g/mol. The van der Waals surface area contributed by atoms with Crippen molar-refractivity contribution < 1.29 is 22.8 Å². The molecule has 0 radical (unpaired) electrons. The van der Waals surface area contributed by atoms with Gasteiger partial charge in [0, 0.05) is 12.6 Å². The number of hydrogen-bond donors (Lipinski definition) is 2. The number of alkyl halides is 2. The molecule has 6 nitrogen and oxygen atoms in total. The highest BCUT2D eigenvalue weighted by Crippen LogP contribution is 2.44. The molecule has 1 heterocycles. The first-order valence-corrected chi connectivity index (χ1v) is 12.0. The second kappa shape index (κ2) is 9.89. The van der Waals surface area contributed by atoms with Gasteiger partial charge in [0.25, 0.3) is 5.91 Å². The lowest BCUT2D eigenvalue weighted by Crippen LogP contribution is -2.55. The minimum atomic E-state index is -3.59. The van der Waals surface area contributed by atoms with Crippen molar-refractivity contribution in [1.29, 1.82) is 0 Å². The van der Waals surface area contributed by atoms with Gasteiger partial charge in [-0.25, -0.2) is 10.2 Å². The Morgan fingerprint density at radius 2 is 1.78 bits per heavy atom. The van der Waals surface area contributed by atoms with Crippen LogP contribution in [0.4, 0.5) is 30.2 Å².